The normalized spacial score (nSPS) is 15.2. The Balaban J connectivity index is 2.93. The summed E-state index contributed by atoms with van der Waals surface area (Å²) in [6.07, 6.45) is 0.214. The molecule has 5 heteroatoms. The van der Waals surface area contributed by atoms with Crippen molar-refractivity contribution in [3.63, 3.8) is 0 Å². The van der Waals surface area contributed by atoms with Gasteiger partial charge in [-0.05, 0) is 33.0 Å². The molecule has 0 bridgehead atoms. The van der Waals surface area contributed by atoms with E-state index in [1.807, 2.05) is 63.2 Å². The highest BCUT2D eigenvalue weighted by atomic mass is 32.2. The Morgan fingerprint density at radius 1 is 1.23 bits per heavy atom. The minimum atomic E-state index is -0.446. The van der Waals surface area contributed by atoms with Gasteiger partial charge in [0.25, 0.3) is 0 Å². The third-order valence-electron chi connectivity index (χ3n) is 3.57. The van der Waals surface area contributed by atoms with Crippen LogP contribution in [0.2, 0.25) is 0 Å². The standard InChI is InChI=1S/C17H25NO3S/c1-6-15(22-13(3)19)17(20)21-16(12(2)18(4)5)14-10-8-7-9-11-14/h7-12,15-16H,6H2,1-5H3/t12-,15+,16-/m0/s1. The lowest BCUT2D eigenvalue weighted by atomic mass is 10.0. The molecule has 1 aromatic rings. The molecule has 0 N–H and O–H groups in total. The number of thioether (sulfide) groups is 1. The molecule has 0 aromatic heterocycles. The highest BCUT2D eigenvalue weighted by Gasteiger charge is 2.29. The van der Waals surface area contributed by atoms with Gasteiger partial charge in [0.15, 0.2) is 5.12 Å². The van der Waals surface area contributed by atoms with E-state index in [9.17, 15) is 9.59 Å². The Bertz CT molecular complexity index is 490. The molecule has 0 aliphatic heterocycles. The molecule has 0 aliphatic carbocycles. The van der Waals surface area contributed by atoms with E-state index in [-0.39, 0.29) is 23.2 Å². The molecule has 0 spiro atoms. The summed E-state index contributed by atoms with van der Waals surface area (Å²) in [6, 6.07) is 9.74. The van der Waals surface area contributed by atoms with Gasteiger partial charge < -0.3 is 9.64 Å². The van der Waals surface area contributed by atoms with Crippen LogP contribution >= 0.6 is 11.8 Å². The van der Waals surface area contributed by atoms with E-state index in [0.29, 0.717) is 6.42 Å². The molecule has 0 radical (unpaired) electrons. The SMILES string of the molecule is CC[C@@H](SC(C)=O)C(=O)O[C@H](c1ccccc1)[C@H](C)N(C)C. The molecule has 0 unspecified atom stereocenters. The first-order valence-electron chi connectivity index (χ1n) is 7.45. The maximum absolute atomic E-state index is 12.4. The Kier molecular flexibility index (Phi) is 7.62. The van der Waals surface area contributed by atoms with E-state index in [1.54, 1.807) is 0 Å². The first-order chi connectivity index (χ1) is 10.4. The molecular weight excluding hydrogens is 298 g/mol. The number of likely N-dealkylation sites (N-methyl/N-ethyl adjacent to an activating group) is 1. The summed E-state index contributed by atoms with van der Waals surface area (Å²) < 4.78 is 5.76. The van der Waals surface area contributed by atoms with Gasteiger partial charge >= 0.3 is 5.97 Å². The second kappa shape index (κ2) is 8.96. The Labute approximate surface area is 137 Å². The van der Waals surface area contributed by atoms with Gasteiger partial charge in [0.1, 0.15) is 11.4 Å². The summed E-state index contributed by atoms with van der Waals surface area (Å²) in [4.78, 5) is 25.7. The van der Waals surface area contributed by atoms with Crippen molar-refractivity contribution in [3.8, 4) is 0 Å². The average molecular weight is 323 g/mol. The molecule has 0 fully saturated rings. The minimum Gasteiger partial charge on any atom is -0.455 e. The lowest BCUT2D eigenvalue weighted by Gasteiger charge is -2.30. The summed E-state index contributed by atoms with van der Waals surface area (Å²) in [5.41, 5.74) is 0.958. The molecule has 3 atom stereocenters. The third kappa shape index (κ3) is 5.46. The van der Waals surface area contributed by atoms with Crippen molar-refractivity contribution >= 4 is 22.8 Å². The van der Waals surface area contributed by atoms with Crippen LogP contribution in [-0.4, -0.2) is 41.4 Å². The fourth-order valence-electron chi connectivity index (χ4n) is 2.06. The number of ether oxygens (including phenoxy) is 1. The van der Waals surface area contributed by atoms with Crippen molar-refractivity contribution in [1.82, 2.24) is 4.90 Å². The molecule has 0 heterocycles. The summed E-state index contributed by atoms with van der Waals surface area (Å²) in [5.74, 6) is -0.328. The van der Waals surface area contributed by atoms with Crippen LogP contribution in [-0.2, 0) is 14.3 Å². The zero-order valence-corrected chi connectivity index (χ0v) is 14.7. The fraction of sp³-hybridized carbons (Fsp3) is 0.529. The van der Waals surface area contributed by atoms with Crippen molar-refractivity contribution in [2.24, 2.45) is 0 Å². The van der Waals surface area contributed by atoms with Gasteiger partial charge in [0.05, 0.1) is 0 Å². The number of carbonyl (C=O) groups is 2. The molecule has 0 saturated heterocycles. The van der Waals surface area contributed by atoms with Gasteiger partial charge in [-0.1, -0.05) is 49.0 Å². The number of nitrogens with zero attached hydrogens (tertiary/aromatic N) is 1. The predicted octanol–water partition coefficient (Wildman–Crippen LogP) is 3.28. The first kappa shape index (κ1) is 18.7. The van der Waals surface area contributed by atoms with Gasteiger partial charge in [0, 0.05) is 13.0 Å². The minimum absolute atomic E-state index is 0.0335. The quantitative estimate of drug-likeness (QED) is 0.721. The van der Waals surface area contributed by atoms with Crippen LogP contribution in [0, 0.1) is 0 Å². The fourth-order valence-corrected chi connectivity index (χ4v) is 2.78. The van der Waals surface area contributed by atoms with Crippen molar-refractivity contribution < 1.29 is 14.3 Å². The molecule has 4 nitrogen and oxygen atoms in total. The Morgan fingerprint density at radius 3 is 2.27 bits per heavy atom. The largest absolute Gasteiger partial charge is 0.455 e. The van der Waals surface area contributed by atoms with Gasteiger partial charge in [-0.15, -0.1) is 0 Å². The highest BCUT2D eigenvalue weighted by molar-refractivity contribution is 8.14. The zero-order valence-electron chi connectivity index (χ0n) is 13.9. The van der Waals surface area contributed by atoms with Gasteiger partial charge in [-0.25, -0.2) is 0 Å². The highest BCUT2D eigenvalue weighted by Crippen LogP contribution is 2.27. The second-order valence-electron chi connectivity index (χ2n) is 5.48. The number of rotatable bonds is 7. The van der Waals surface area contributed by atoms with E-state index < -0.39 is 5.25 Å². The van der Waals surface area contributed by atoms with Crippen LogP contribution < -0.4 is 0 Å². The van der Waals surface area contributed by atoms with Gasteiger partial charge in [0.2, 0.25) is 0 Å². The third-order valence-corrected chi connectivity index (χ3v) is 4.71. The average Bonchev–Trinajstić information content (AvgIpc) is 2.49. The summed E-state index contributed by atoms with van der Waals surface area (Å²) >= 11 is 1.04. The molecule has 1 rings (SSSR count). The van der Waals surface area contributed by atoms with Crippen molar-refractivity contribution in [1.29, 1.82) is 0 Å². The predicted molar refractivity (Wildman–Crippen MR) is 90.8 cm³/mol. The number of hydrogen-bond acceptors (Lipinski definition) is 5. The van der Waals surface area contributed by atoms with Crippen molar-refractivity contribution in [3.05, 3.63) is 35.9 Å². The summed E-state index contributed by atoms with van der Waals surface area (Å²) in [7, 11) is 3.91. The van der Waals surface area contributed by atoms with E-state index in [1.165, 1.54) is 6.92 Å². The van der Waals surface area contributed by atoms with Crippen LogP contribution in [0.3, 0.4) is 0 Å². The Morgan fingerprint density at radius 2 is 1.82 bits per heavy atom. The molecule has 1 aromatic carbocycles. The van der Waals surface area contributed by atoms with Crippen LogP contribution in [0.5, 0.6) is 0 Å². The van der Waals surface area contributed by atoms with E-state index in [4.69, 9.17) is 4.74 Å². The lowest BCUT2D eigenvalue weighted by Crippen LogP contribution is -2.35. The molecule has 22 heavy (non-hydrogen) atoms. The van der Waals surface area contributed by atoms with Crippen molar-refractivity contribution in [2.75, 3.05) is 14.1 Å². The molecule has 0 amide bonds. The van der Waals surface area contributed by atoms with Crippen LogP contribution in [0.25, 0.3) is 0 Å². The lowest BCUT2D eigenvalue weighted by molar-refractivity contribution is -0.151. The van der Waals surface area contributed by atoms with E-state index >= 15 is 0 Å². The second-order valence-corrected chi connectivity index (χ2v) is 6.86. The van der Waals surface area contributed by atoms with Crippen molar-refractivity contribution in [2.45, 2.75) is 44.6 Å². The van der Waals surface area contributed by atoms with Crippen LogP contribution in [0.1, 0.15) is 38.9 Å². The van der Waals surface area contributed by atoms with Gasteiger partial charge in [-0.3, -0.25) is 9.59 Å². The number of carbonyl (C=O) groups excluding carboxylic acids is 2. The Hall–Kier alpha value is -1.33. The number of hydrogen-bond donors (Lipinski definition) is 0. The summed E-state index contributed by atoms with van der Waals surface area (Å²) in [6.45, 7) is 5.37. The molecule has 0 saturated carbocycles. The number of esters is 1. The van der Waals surface area contributed by atoms with E-state index in [2.05, 4.69) is 0 Å². The molecular formula is C17H25NO3S. The summed E-state index contributed by atoms with van der Waals surface area (Å²) in [5, 5.41) is -0.515. The maximum atomic E-state index is 12.4. The molecule has 0 aliphatic rings. The first-order valence-corrected chi connectivity index (χ1v) is 8.33. The molecule has 122 valence electrons. The monoisotopic (exact) mass is 323 g/mol. The maximum Gasteiger partial charge on any atom is 0.320 e. The van der Waals surface area contributed by atoms with Crippen LogP contribution in [0.4, 0.5) is 0 Å². The van der Waals surface area contributed by atoms with E-state index in [0.717, 1.165) is 17.3 Å². The van der Waals surface area contributed by atoms with Crippen LogP contribution in [0.15, 0.2) is 30.3 Å². The zero-order chi connectivity index (χ0) is 16.7. The van der Waals surface area contributed by atoms with Gasteiger partial charge in [-0.2, -0.15) is 0 Å². The number of benzene rings is 1. The topological polar surface area (TPSA) is 46.6 Å². The smallest absolute Gasteiger partial charge is 0.320 e.